The second kappa shape index (κ2) is 6.68. The third kappa shape index (κ3) is 2.96. The molecule has 0 saturated carbocycles. The van der Waals surface area contributed by atoms with E-state index in [2.05, 4.69) is 9.97 Å². The Bertz CT molecular complexity index is 1220. The average Bonchev–Trinajstić information content (AvgIpc) is 3.21. The number of imidazole rings is 1. The maximum atomic E-state index is 12.8. The molecule has 0 bridgehead atoms. The van der Waals surface area contributed by atoms with Crippen molar-refractivity contribution < 1.29 is 13.3 Å². The van der Waals surface area contributed by atoms with Crippen LogP contribution in [0.25, 0.3) is 5.65 Å². The minimum absolute atomic E-state index is 0.00432. The molecule has 0 amide bonds. The van der Waals surface area contributed by atoms with Crippen LogP contribution in [0.15, 0.2) is 33.4 Å². The quantitative estimate of drug-likeness (QED) is 0.484. The summed E-state index contributed by atoms with van der Waals surface area (Å²) in [6.07, 6.45) is 1.57. The molecule has 0 atom stereocenters. The summed E-state index contributed by atoms with van der Waals surface area (Å²) in [4.78, 5) is 30.7. The maximum Gasteiger partial charge on any atom is 0.372 e. The number of aryl methyl sites for hydroxylation is 1. The smallest absolute Gasteiger partial charge is 0.358 e. The number of nitrogens with zero attached hydrogens (tertiary/aromatic N) is 5. The van der Waals surface area contributed by atoms with E-state index < -0.39 is 19.8 Å². The Morgan fingerprint density at radius 2 is 1.96 bits per heavy atom. The summed E-state index contributed by atoms with van der Waals surface area (Å²) in [5.74, 6) is 0.0716. The highest BCUT2D eigenvalue weighted by atomic mass is 32.2. The molecule has 0 aromatic carbocycles. The largest absolute Gasteiger partial charge is 0.372 e. The van der Waals surface area contributed by atoms with Gasteiger partial charge in [-0.2, -0.15) is 13.7 Å². The maximum absolute atomic E-state index is 12.8. The number of thiazole rings is 1. The molecule has 0 unspecified atom stereocenters. The minimum atomic E-state index is -3.79. The number of rotatable bonds is 4. The summed E-state index contributed by atoms with van der Waals surface area (Å²) in [7, 11) is -3.79. The fraction of sp³-hybridized carbons (Fsp3) is 0.333. The monoisotopic (exact) mass is 424 g/mol. The summed E-state index contributed by atoms with van der Waals surface area (Å²) in [6, 6.07) is 5.10. The number of anilines is 1. The van der Waals surface area contributed by atoms with E-state index in [-0.39, 0.29) is 42.0 Å². The van der Waals surface area contributed by atoms with Gasteiger partial charge in [0.25, 0.3) is 10.0 Å². The van der Waals surface area contributed by atoms with E-state index in [0.717, 1.165) is 0 Å². The molecule has 1 aliphatic rings. The molecule has 1 N–H and O–H groups in total. The molecule has 1 saturated heterocycles. The van der Waals surface area contributed by atoms with Crippen LogP contribution in [0.3, 0.4) is 0 Å². The fourth-order valence-corrected chi connectivity index (χ4v) is 6.10. The Kier molecular flexibility index (Phi) is 4.44. The van der Waals surface area contributed by atoms with E-state index in [1.54, 1.807) is 36.2 Å². The van der Waals surface area contributed by atoms with Gasteiger partial charge in [0, 0.05) is 37.9 Å². The van der Waals surface area contributed by atoms with Gasteiger partial charge in [0.05, 0.1) is 6.20 Å². The highest BCUT2D eigenvalue weighted by Crippen LogP contribution is 2.30. The van der Waals surface area contributed by atoms with Crippen LogP contribution in [0.5, 0.6) is 0 Å². The molecule has 4 rings (SSSR count). The minimum Gasteiger partial charge on any atom is -0.358 e. The van der Waals surface area contributed by atoms with Gasteiger partial charge < -0.3 is 20.0 Å². The summed E-state index contributed by atoms with van der Waals surface area (Å²) >= 11 is 0.662. The van der Waals surface area contributed by atoms with Crippen LogP contribution < -0.4 is 9.77 Å². The van der Waals surface area contributed by atoms with Crippen LogP contribution in [0, 0.1) is 17.0 Å². The van der Waals surface area contributed by atoms with Crippen LogP contribution in [0.2, 0.25) is 0 Å². The van der Waals surface area contributed by atoms with Crippen LogP contribution in [-0.4, -0.2) is 58.2 Å². The molecule has 0 aliphatic carbocycles. The van der Waals surface area contributed by atoms with E-state index in [0.29, 0.717) is 22.7 Å². The number of nitrogens with one attached hydrogen (secondary N) is 1. The van der Waals surface area contributed by atoms with Gasteiger partial charge in [-0.3, -0.25) is 4.79 Å². The lowest BCUT2D eigenvalue weighted by atomic mass is 10.3. The first-order valence-corrected chi connectivity index (χ1v) is 10.6. The van der Waals surface area contributed by atoms with Crippen LogP contribution in [0.1, 0.15) is 5.69 Å². The number of fused-ring (bicyclic) bond motifs is 1. The highest BCUT2D eigenvalue weighted by Gasteiger charge is 2.34. The molecule has 13 heteroatoms. The number of pyridine rings is 1. The second-order valence-electron chi connectivity index (χ2n) is 6.26. The molecule has 1 aliphatic heterocycles. The standard InChI is InChI=1S/C15H16N6O5S2/c1-10-14(27-15(22)16-10)28(25,26)19-8-6-18(7-9-19)12-13(21(23)24)20-5-3-2-4-11(20)17-12/h2-5H,6-9H2,1H3,(H,16,22). The van der Waals surface area contributed by atoms with Crippen molar-refractivity contribution in [1.82, 2.24) is 18.7 Å². The van der Waals surface area contributed by atoms with Gasteiger partial charge in [-0.25, -0.2) is 8.42 Å². The lowest BCUT2D eigenvalue weighted by Gasteiger charge is -2.33. The topological polar surface area (TPSA) is 134 Å². The predicted molar refractivity (Wildman–Crippen MR) is 102 cm³/mol. The molecule has 0 spiro atoms. The number of piperazine rings is 1. The fourth-order valence-electron chi connectivity index (χ4n) is 3.25. The normalized spacial score (nSPS) is 16.0. The summed E-state index contributed by atoms with van der Waals surface area (Å²) in [6.45, 7) is 2.32. The zero-order valence-electron chi connectivity index (χ0n) is 14.7. The second-order valence-corrected chi connectivity index (χ2v) is 9.38. The SMILES string of the molecule is Cc1[nH]c(=O)sc1S(=O)(=O)N1CCN(c2nc3ccccn3c2[N+](=O)[O-])CC1. The Morgan fingerprint density at radius 1 is 1.25 bits per heavy atom. The van der Waals surface area contributed by atoms with Gasteiger partial charge in [0.2, 0.25) is 11.5 Å². The first kappa shape index (κ1) is 18.6. The van der Waals surface area contributed by atoms with Gasteiger partial charge in [0.1, 0.15) is 0 Å². The van der Waals surface area contributed by atoms with Crippen molar-refractivity contribution in [3.05, 3.63) is 49.9 Å². The van der Waals surface area contributed by atoms with Crippen molar-refractivity contribution in [2.45, 2.75) is 11.1 Å². The number of sulfonamides is 1. The van der Waals surface area contributed by atoms with Crippen molar-refractivity contribution in [1.29, 1.82) is 0 Å². The summed E-state index contributed by atoms with van der Waals surface area (Å²) < 4.78 is 28.3. The number of nitro groups is 1. The van der Waals surface area contributed by atoms with Crippen LogP contribution in [-0.2, 0) is 10.0 Å². The van der Waals surface area contributed by atoms with E-state index in [1.807, 2.05) is 0 Å². The number of aromatic nitrogens is 3. The van der Waals surface area contributed by atoms with Crippen molar-refractivity contribution in [3.8, 4) is 0 Å². The van der Waals surface area contributed by atoms with E-state index in [4.69, 9.17) is 0 Å². The van der Waals surface area contributed by atoms with Gasteiger partial charge in [0.15, 0.2) is 4.21 Å². The summed E-state index contributed by atoms with van der Waals surface area (Å²) in [5, 5.41) is 11.6. The number of H-pyrrole nitrogens is 1. The lowest BCUT2D eigenvalue weighted by molar-refractivity contribution is -0.389. The Balaban J connectivity index is 1.61. The summed E-state index contributed by atoms with van der Waals surface area (Å²) in [5.41, 5.74) is 0.764. The molecule has 1 fully saturated rings. The van der Waals surface area contributed by atoms with Gasteiger partial charge in [-0.1, -0.05) is 17.4 Å². The predicted octanol–water partition coefficient (Wildman–Crippen LogP) is 0.812. The van der Waals surface area contributed by atoms with Gasteiger partial charge in [-0.15, -0.1) is 0 Å². The van der Waals surface area contributed by atoms with E-state index in [9.17, 15) is 23.3 Å². The Labute approximate surface area is 163 Å². The molecule has 28 heavy (non-hydrogen) atoms. The van der Waals surface area contributed by atoms with Crippen molar-refractivity contribution in [3.63, 3.8) is 0 Å². The van der Waals surface area contributed by atoms with Gasteiger partial charge >= 0.3 is 10.7 Å². The molecule has 0 radical (unpaired) electrons. The number of hydrogen-bond donors (Lipinski definition) is 1. The molecular formula is C15H16N6O5S2. The zero-order valence-corrected chi connectivity index (χ0v) is 16.4. The van der Waals surface area contributed by atoms with Crippen molar-refractivity contribution in [2.24, 2.45) is 0 Å². The first-order valence-electron chi connectivity index (χ1n) is 8.35. The van der Waals surface area contributed by atoms with E-state index in [1.165, 1.54) is 8.71 Å². The molecule has 148 valence electrons. The average molecular weight is 424 g/mol. The van der Waals surface area contributed by atoms with Crippen molar-refractivity contribution >= 4 is 38.6 Å². The molecule has 4 heterocycles. The first-order chi connectivity index (χ1) is 13.3. The van der Waals surface area contributed by atoms with E-state index >= 15 is 0 Å². The third-order valence-corrected chi connectivity index (χ3v) is 8.03. The Hall–Kier alpha value is -2.77. The molecule has 3 aromatic heterocycles. The Morgan fingerprint density at radius 3 is 2.57 bits per heavy atom. The van der Waals surface area contributed by atoms with Gasteiger partial charge in [-0.05, 0) is 17.9 Å². The van der Waals surface area contributed by atoms with Crippen LogP contribution in [0.4, 0.5) is 11.6 Å². The number of aromatic amines is 1. The molecular weight excluding hydrogens is 408 g/mol. The lowest BCUT2D eigenvalue weighted by Crippen LogP contribution is -2.48. The zero-order chi connectivity index (χ0) is 20.1. The molecule has 11 nitrogen and oxygen atoms in total. The molecule has 3 aromatic rings. The van der Waals surface area contributed by atoms with Crippen LogP contribution >= 0.6 is 11.3 Å². The highest BCUT2D eigenvalue weighted by molar-refractivity contribution is 7.91. The van der Waals surface area contributed by atoms with Crippen molar-refractivity contribution in [2.75, 3.05) is 31.1 Å². The third-order valence-electron chi connectivity index (χ3n) is 4.55. The number of hydrogen-bond acceptors (Lipinski definition) is 8.